The van der Waals surface area contributed by atoms with Crippen LogP contribution in [0.25, 0.3) is 0 Å². The lowest BCUT2D eigenvalue weighted by Crippen LogP contribution is -2.64. The molecule has 6 aliphatic rings. The smallest absolute Gasteiger partial charge is 0.0276 e. The summed E-state index contributed by atoms with van der Waals surface area (Å²) < 4.78 is 0. The van der Waals surface area contributed by atoms with E-state index in [9.17, 15) is 0 Å². The summed E-state index contributed by atoms with van der Waals surface area (Å²) in [6, 6.07) is 0.889. The maximum Gasteiger partial charge on any atom is 0.0276 e. The molecule has 5 saturated carbocycles. The summed E-state index contributed by atoms with van der Waals surface area (Å²) in [5, 5.41) is 4.09. The lowest BCUT2D eigenvalue weighted by atomic mass is 9.49. The van der Waals surface area contributed by atoms with Crippen LogP contribution in [0.15, 0.2) is 4.99 Å². The third-order valence-corrected chi connectivity index (χ3v) is 9.12. The van der Waals surface area contributed by atoms with Crippen molar-refractivity contribution in [2.75, 3.05) is 13.6 Å². The van der Waals surface area contributed by atoms with Crippen molar-refractivity contribution >= 4 is 5.71 Å². The molecule has 6 fully saturated rings. The Labute approximate surface area is 128 Å². The van der Waals surface area contributed by atoms with Gasteiger partial charge in [0.15, 0.2) is 0 Å². The largest absolute Gasteiger partial charge is 0.313 e. The Morgan fingerprint density at radius 2 is 2.05 bits per heavy atom. The Bertz CT molecular complexity index is 526. The van der Waals surface area contributed by atoms with E-state index in [0.717, 1.165) is 47.5 Å². The first-order valence-corrected chi connectivity index (χ1v) is 9.54. The molecule has 0 aromatic heterocycles. The third kappa shape index (κ3) is 1.16. The molecule has 2 nitrogen and oxygen atoms in total. The lowest BCUT2D eigenvalue weighted by Gasteiger charge is -2.60. The molecule has 1 spiro atoms. The van der Waals surface area contributed by atoms with Gasteiger partial charge in [0.1, 0.15) is 0 Å². The van der Waals surface area contributed by atoms with E-state index in [1.807, 2.05) is 0 Å². The standard InChI is InChI=1S/C19H28N2/c1-20-17-10-4-5-12-13-8-14-11-3-2-6-19(14,18(13)21-9-11)15(7-10)16(12)17/h10-16,18,21H,2-9H2,1H3/t10-,11-,12+,13+,14+,15+,16+,18+,19-/m0/s1. The van der Waals surface area contributed by atoms with E-state index in [-0.39, 0.29) is 0 Å². The lowest BCUT2D eigenvalue weighted by molar-refractivity contribution is -0.0792. The molecule has 1 saturated heterocycles. The van der Waals surface area contributed by atoms with Crippen molar-refractivity contribution in [3.05, 3.63) is 0 Å². The van der Waals surface area contributed by atoms with Gasteiger partial charge >= 0.3 is 0 Å². The minimum absolute atomic E-state index is 0.696. The van der Waals surface area contributed by atoms with Crippen LogP contribution in [0.2, 0.25) is 0 Å². The zero-order chi connectivity index (χ0) is 13.8. The molecule has 2 heteroatoms. The van der Waals surface area contributed by atoms with Gasteiger partial charge in [0, 0.05) is 24.7 Å². The first kappa shape index (κ1) is 12.1. The molecule has 21 heavy (non-hydrogen) atoms. The second kappa shape index (κ2) is 3.75. The highest BCUT2D eigenvalue weighted by Gasteiger charge is 2.72. The molecule has 0 aromatic carbocycles. The third-order valence-electron chi connectivity index (χ3n) is 9.12. The quantitative estimate of drug-likeness (QED) is 0.726. The molecule has 5 aliphatic carbocycles. The number of aliphatic imine (C=N–C) groups is 1. The fraction of sp³-hybridized carbons (Fsp3) is 0.947. The maximum atomic E-state index is 4.84. The Morgan fingerprint density at radius 3 is 2.95 bits per heavy atom. The van der Waals surface area contributed by atoms with Crippen molar-refractivity contribution in [1.82, 2.24) is 5.32 Å². The van der Waals surface area contributed by atoms with Crippen LogP contribution in [-0.2, 0) is 0 Å². The second-order valence-electron chi connectivity index (χ2n) is 9.11. The van der Waals surface area contributed by atoms with E-state index < -0.39 is 0 Å². The van der Waals surface area contributed by atoms with E-state index >= 15 is 0 Å². The SMILES string of the molecule is CN=C1[C@H]2CC[C@@H]3[C@H]4C[C@@H]5[C@H]6CCC[C@]5([C@H](C2)[C@H]13)[C@@H]4NC6. The highest BCUT2D eigenvalue weighted by Crippen LogP contribution is 2.73. The van der Waals surface area contributed by atoms with Crippen LogP contribution in [0, 0.1) is 46.8 Å². The Kier molecular flexibility index (Phi) is 2.16. The van der Waals surface area contributed by atoms with Crippen molar-refractivity contribution < 1.29 is 0 Å². The molecule has 1 N–H and O–H groups in total. The molecular formula is C19H28N2. The van der Waals surface area contributed by atoms with E-state index in [2.05, 4.69) is 12.4 Å². The van der Waals surface area contributed by atoms with Gasteiger partial charge in [0.05, 0.1) is 0 Å². The van der Waals surface area contributed by atoms with Crippen LogP contribution in [0.4, 0.5) is 0 Å². The van der Waals surface area contributed by atoms with Gasteiger partial charge in [-0.2, -0.15) is 0 Å². The molecule has 0 amide bonds. The van der Waals surface area contributed by atoms with Crippen molar-refractivity contribution in [2.45, 2.75) is 51.0 Å². The average Bonchev–Trinajstić information content (AvgIpc) is 2.83. The molecule has 0 unspecified atom stereocenters. The van der Waals surface area contributed by atoms with Gasteiger partial charge in [-0.05, 0) is 86.0 Å². The van der Waals surface area contributed by atoms with Crippen LogP contribution < -0.4 is 5.32 Å². The number of nitrogens with zero attached hydrogens (tertiary/aromatic N) is 1. The highest BCUT2D eigenvalue weighted by atomic mass is 15.0. The monoisotopic (exact) mass is 284 g/mol. The highest BCUT2D eigenvalue weighted by molar-refractivity contribution is 5.92. The van der Waals surface area contributed by atoms with Crippen LogP contribution in [0.1, 0.15) is 44.9 Å². The van der Waals surface area contributed by atoms with Gasteiger partial charge in [-0.15, -0.1) is 0 Å². The summed E-state index contributed by atoms with van der Waals surface area (Å²) in [5.74, 6) is 6.85. The normalized spacial score (nSPS) is 64.9. The first-order valence-electron chi connectivity index (χ1n) is 9.54. The van der Waals surface area contributed by atoms with E-state index in [1.165, 1.54) is 38.6 Å². The van der Waals surface area contributed by atoms with E-state index in [1.54, 1.807) is 18.6 Å². The van der Waals surface area contributed by atoms with Gasteiger partial charge in [-0.1, -0.05) is 6.42 Å². The van der Waals surface area contributed by atoms with Gasteiger partial charge in [-0.25, -0.2) is 0 Å². The Balaban J connectivity index is 1.56. The summed E-state index contributed by atoms with van der Waals surface area (Å²) in [6.07, 6.45) is 10.6. The summed E-state index contributed by atoms with van der Waals surface area (Å²) in [5.41, 5.74) is 2.37. The fourth-order valence-electron chi connectivity index (χ4n) is 8.87. The van der Waals surface area contributed by atoms with Crippen LogP contribution in [-0.4, -0.2) is 25.3 Å². The molecule has 9 atom stereocenters. The van der Waals surface area contributed by atoms with Crippen LogP contribution in [0.5, 0.6) is 0 Å². The maximum absolute atomic E-state index is 4.84. The second-order valence-corrected chi connectivity index (χ2v) is 9.11. The minimum Gasteiger partial charge on any atom is -0.313 e. The number of nitrogens with one attached hydrogen (secondary N) is 1. The van der Waals surface area contributed by atoms with Crippen LogP contribution >= 0.6 is 0 Å². The predicted octanol–water partition coefficient (Wildman–Crippen LogP) is 3.13. The van der Waals surface area contributed by atoms with Crippen molar-refractivity contribution in [1.29, 1.82) is 0 Å². The predicted molar refractivity (Wildman–Crippen MR) is 84.3 cm³/mol. The number of hydrogen-bond donors (Lipinski definition) is 1. The van der Waals surface area contributed by atoms with E-state index in [4.69, 9.17) is 4.99 Å². The molecule has 114 valence electrons. The fourth-order valence-corrected chi connectivity index (χ4v) is 8.87. The summed E-state index contributed by atoms with van der Waals surface area (Å²) >= 11 is 0. The molecule has 0 aromatic rings. The van der Waals surface area contributed by atoms with E-state index in [0.29, 0.717) is 5.41 Å². The summed E-state index contributed by atoms with van der Waals surface area (Å²) in [4.78, 5) is 4.84. The van der Waals surface area contributed by atoms with Crippen molar-refractivity contribution in [3.8, 4) is 0 Å². The molecule has 1 aliphatic heterocycles. The molecule has 0 radical (unpaired) electrons. The topological polar surface area (TPSA) is 24.4 Å². The molecular weight excluding hydrogens is 256 g/mol. The first-order chi connectivity index (χ1) is 10.3. The summed E-state index contributed by atoms with van der Waals surface area (Å²) in [6.45, 7) is 1.34. The minimum atomic E-state index is 0.696. The van der Waals surface area contributed by atoms with Crippen molar-refractivity contribution in [3.63, 3.8) is 0 Å². The average molecular weight is 284 g/mol. The molecule has 7 bridgehead atoms. The van der Waals surface area contributed by atoms with Gasteiger partial charge in [0.2, 0.25) is 0 Å². The number of fused-ring (bicyclic) bond motifs is 2. The van der Waals surface area contributed by atoms with Crippen molar-refractivity contribution in [2.24, 2.45) is 51.8 Å². The van der Waals surface area contributed by atoms with Crippen LogP contribution in [0.3, 0.4) is 0 Å². The van der Waals surface area contributed by atoms with Gasteiger partial charge in [-0.3, -0.25) is 4.99 Å². The van der Waals surface area contributed by atoms with Gasteiger partial charge in [0.25, 0.3) is 0 Å². The number of piperidine rings is 1. The molecule has 1 heterocycles. The Hall–Kier alpha value is -0.370. The summed E-state index contributed by atoms with van der Waals surface area (Å²) in [7, 11) is 2.09. The zero-order valence-corrected chi connectivity index (χ0v) is 13.2. The molecule has 6 rings (SSSR count). The number of rotatable bonds is 0. The Morgan fingerprint density at radius 1 is 1.10 bits per heavy atom. The number of hydrogen-bond acceptors (Lipinski definition) is 2. The zero-order valence-electron chi connectivity index (χ0n) is 13.2. The van der Waals surface area contributed by atoms with Gasteiger partial charge < -0.3 is 5.32 Å².